The molecule has 2 aromatic rings. The Hall–Kier alpha value is -2.15. The third-order valence-electron chi connectivity index (χ3n) is 3.56. The highest BCUT2D eigenvalue weighted by Gasteiger charge is 2.22. The molecule has 1 aliphatic heterocycles. The van der Waals surface area contributed by atoms with E-state index in [9.17, 15) is 4.79 Å². The zero-order valence-electron chi connectivity index (χ0n) is 11.4. The molecule has 1 aliphatic rings. The lowest BCUT2D eigenvalue weighted by molar-refractivity contribution is 0.0778. The van der Waals surface area contributed by atoms with Gasteiger partial charge in [-0.05, 0) is 6.42 Å². The zero-order chi connectivity index (χ0) is 14.1. The fourth-order valence-electron chi connectivity index (χ4n) is 2.47. The van der Waals surface area contributed by atoms with E-state index in [2.05, 4.69) is 15.0 Å². The van der Waals surface area contributed by atoms with Crippen molar-refractivity contribution >= 4 is 5.91 Å². The Morgan fingerprint density at radius 3 is 3.25 bits per heavy atom. The molecule has 3 rings (SSSR count). The van der Waals surface area contributed by atoms with Crippen LogP contribution in [0.25, 0.3) is 0 Å². The summed E-state index contributed by atoms with van der Waals surface area (Å²) in [6.07, 6.45) is 6.87. The van der Waals surface area contributed by atoms with Crippen LogP contribution in [0.1, 0.15) is 28.4 Å². The maximum Gasteiger partial charge on any atom is 0.274 e. The molecule has 0 bridgehead atoms. The molecule has 106 valence electrons. The van der Waals surface area contributed by atoms with Crippen LogP contribution in [-0.2, 0) is 19.5 Å². The van der Waals surface area contributed by atoms with Crippen LogP contribution in [0.3, 0.4) is 0 Å². The van der Waals surface area contributed by atoms with Crippen LogP contribution in [-0.4, -0.2) is 43.4 Å². The van der Waals surface area contributed by atoms with Gasteiger partial charge in [-0.3, -0.25) is 4.79 Å². The van der Waals surface area contributed by atoms with Gasteiger partial charge >= 0.3 is 0 Å². The molecule has 0 spiro atoms. The van der Waals surface area contributed by atoms with Crippen molar-refractivity contribution in [3.05, 3.63) is 35.9 Å². The number of aryl methyl sites for hydroxylation is 1. The van der Waals surface area contributed by atoms with Gasteiger partial charge in [0.05, 0.1) is 18.6 Å². The third kappa shape index (κ3) is 2.44. The van der Waals surface area contributed by atoms with Gasteiger partial charge in [-0.25, -0.2) is 9.97 Å². The smallest absolute Gasteiger partial charge is 0.274 e. The number of nitrogens with zero attached hydrogens (tertiary/aromatic N) is 4. The second-order valence-corrected chi connectivity index (χ2v) is 5.23. The van der Waals surface area contributed by atoms with E-state index in [0.29, 0.717) is 12.2 Å². The van der Waals surface area contributed by atoms with E-state index >= 15 is 0 Å². The lowest BCUT2D eigenvalue weighted by Gasteiger charge is -2.19. The second kappa shape index (κ2) is 5.09. The summed E-state index contributed by atoms with van der Waals surface area (Å²) in [5.41, 5.74) is 7.31. The van der Waals surface area contributed by atoms with E-state index in [4.69, 9.17) is 5.73 Å². The summed E-state index contributed by atoms with van der Waals surface area (Å²) in [4.78, 5) is 25.3. The van der Waals surface area contributed by atoms with Gasteiger partial charge in [0.25, 0.3) is 5.91 Å². The Balaban J connectivity index is 1.74. The molecule has 1 unspecified atom stereocenters. The van der Waals surface area contributed by atoms with E-state index in [1.807, 2.05) is 4.57 Å². The molecule has 0 saturated carbocycles. The fourth-order valence-corrected chi connectivity index (χ4v) is 2.47. The minimum atomic E-state index is -0.0879. The van der Waals surface area contributed by atoms with Crippen LogP contribution < -0.4 is 5.73 Å². The molecule has 0 radical (unpaired) electrons. The number of hydrogen-bond acceptors (Lipinski definition) is 4. The highest BCUT2D eigenvalue weighted by Crippen LogP contribution is 2.15. The predicted molar refractivity (Wildman–Crippen MR) is 72.9 cm³/mol. The van der Waals surface area contributed by atoms with Gasteiger partial charge in [0.1, 0.15) is 11.5 Å². The van der Waals surface area contributed by atoms with E-state index < -0.39 is 0 Å². The number of amides is 1. The van der Waals surface area contributed by atoms with E-state index in [-0.39, 0.29) is 11.9 Å². The molecule has 7 nitrogen and oxygen atoms in total. The van der Waals surface area contributed by atoms with Gasteiger partial charge < -0.3 is 20.2 Å². The number of hydrogen-bond donors (Lipinski definition) is 2. The first-order valence-electron chi connectivity index (χ1n) is 6.68. The SMILES string of the molecule is CN(Cc1cnc[nH]1)C(=O)c1cn2c(n1)CCC(N)C2. The molecule has 0 fully saturated rings. The van der Waals surface area contributed by atoms with Gasteiger partial charge in [-0.2, -0.15) is 0 Å². The van der Waals surface area contributed by atoms with Gasteiger partial charge in [-0.15, -0.1) is 0 Å². The summed E-state index contributed by atoms with van der Waals surface area (Å²) in [5.74, 6) is 0.861. The number of aromatic nitrogens is 4. The van der Waals surface area contributed by atoms with Crippen molar-refractivity contribution in [1.29, 1.82) is 0 Å². The molecular formula is C13H18N6O. The Kier molecular flexibility index (Phi) is 3.27. The summed E-state index contributed by atoms with van der Waals surface area (Å²) < 4.78 is 1.99. The highest BCUT2D eigenvalue weighted by molar-refractivity contribution is 5.92. The lowest BCUT2D eigenvalue weighted by atomic mass is 10.1. The molecule has 7 heteroatoms. The lowest BCUT2D eigenvalue weighted by Crippen LogP contribution is -2.31. The fraction of sp³-hybridized carbons (Fsp3) is 0.462. The summed E-state index contributed by atoms with van der Waals surface area (Å²) in [7, 11) is 1.76. The maximum atomic E-state index is 12.4. The van der Waals surface area contributed by atoms with Crippen molar-refractivity contribution in [2.45, 2.75) is 32.0 Å². The van der Waals surface area contributed by atoms with Gasteiger partial charge in [0.2, 0.25) is 0 Å². The number of nitrogens with two attached hydrogens (primary N) is 1. The Labute approximate surface area is 116 Å². The molecule has 0 aromatic carbocycles. The van der Waals surface area contributed by atoms with Crippen LogP contribution in [0.15, 0.2) is 18.7 Å². The minimum absolute atomic E-state index is 0.0879. The minimum Gasteiger partial charge on any atom is -0.347 e. The second-order valence-electron chi connectivity index (χ2n) is 5.23. The first-order valence-corrected chi connectivity index (χ1v) is 6.68. The molecule has 2 aromatic heterocycles. The van der Waals surface area contributed by atoms with Crippen molar-refractivity contribution in [3.63, 3.8) is 0 Å². The summed E-state index contributed by atoms with van der Waals surface area (Å²) in [6, 6.07) is 0.155. The van der Waals surface area contributed by atoms with Crippen LogP contribution >= 0.6 is 0 Å². The van der Waals surface area contributed by atoms with Gasteiger partial charge in [0.15, 0.2) is 0 Å². The average molecular weight is 274 g/mol. The number of H-pyrrole nitrogens is 1. The first-order chi connectivity index (χ1) is 9.63. The molecule has 1 atom stereocenters. The number of nitrogens with one attached hydrogen (secondary N) is 1. The maximum absolute atomic E-state index is 12.4. The molecule has 1 amide bonds. The van der Waals surface area contributed by atoms with E-state index in [1.54, 1.807) is 30.7 Å². The van der Waals surface area contributed by atoms with Gasteiger partial charge in [0, 0.05) is 38.4 Å². The summed E-state index contributed by atoms with van der Waals surface area (Å²) in [5, 5.41) is 0. The predicted octanol–water partition coefficient (Wildman–Crippen LogP) is 0.152. The average Bonchev–Trinajstić information content (AvgIpc) is 3.06. The largest absolute Gasteiger partial charge is 0.347 e. The number of carbonyl (C=O) groups is 1. The molecule has 3 N–H and O–H groups in total. The first kappa shape index (κ1) is 12.9. The van der Waals surface area contributed by atoms with Crippen LogP contribution in [0.2, 0.25) is 0 Å². The normalized spacial score (nSPS) is 17.8. The molecular weight excluding hydrogens is 256 g/mol. The Morgan fingerprint density at radius 2 is 2.50 bits per heavy atom. The van der Waals surface area contributed by atoms with Crippen molar-refractivity contribution in [2.24, 2.45) is 5.73 Å². The monoisotopic (exact) mass is 274 g/mol. The standard InChI is InChI=1S/C13H18N6O/c1-18(6-10-4-15-8-16-10)13(20)11-7-19-5-9(14)2-3-12(19)17-11/h4,7-9H,2-3,5-6,14H2,1H3,(H,15,16). The molecule has 3 heterocycles. The number of fused-ring (bicyclic) bond motifs is 1. The summed E-state index contributed by atoms with van der Waals surface area (Å²) in [6.45, 7) is 1.22. The van der Waals surface area contributed by atoms with Gasteiger partial charge in [-0.1, -0.05) is 0 Å². The quantitative estimate of drug-likeness (QED) is 0.833. The van der Waals surface area contributed by atoms with Crippen molar-refractivity contribution in [3.8, 4) is 0 Å². The van der Waals surface area contributed by atoms with Crippen LogP contribution in [0, 0.1) is 0 Å². The number of rotatable bonds is 3. The number of imidazole rings is 2. The van der Waals surface area contributed by atoms with Crippen molar-refractivity contribution in [1.82, 2.24) is 24.4 Å². The zero-order valence-corrected chi connectivity index (χ0v) is 11.4. The topological polar surface area (TPSA) is 92.8 Å². The van der Waals surface area contributed by atoms with Crippen LogP contribution in [0.4, 0.5) is 0 Å². The number of aromatic amines is 1. The van der Waals surface area contributed by atoms with Crippen molar-refractivity contribution in [2.75, 3.05) is 7.05 Å². The van der Waals surface area contributed by atoms with E-state index in [1.165, 1.54) is 0 Å². The third-order valence-corrected chi connectivity index (χ3v) is 3.56. The molecule has 0 aliphatic carbocycles. The molecule has 0 saturated heterocycles. The van der Waals surface area contributed by atoms with Crippen molar-refractivity contribution < 1.29 is 4.79 Å². The Bertz CT molecular complexity index is 602. The van der Waals surface area contributed by atoms with Crippen LogP contribution in [0.5, 0.6) is 0 Å². The Morgan fingerprint density at radius 1 is 1.65 bits per heavy atom. The molecule has 20 heavy (non-hydrogen) atoms. The summed E-state index contributed by atoms with van der Waals surface area (Å²) >= 11 is 0. The van der Waals surface area contributed by atoms with E-state index in [0.717, 1.165) is 30.9 Å². The highest BCUT2D eigenvalue weighted by atomic mass is 16.2. The number of carbonyl (C=O) groups excluding carboxylic acids is 1.